The number of hydrogen-bond acceptors (Lipinski definition) is 7. The number of aliphatic imine (C=N–C) groups is 1. The van der Waals surface area contributed by atoms with Crippen LogP contribution in [0, 0.1) is 0 Å². The smallest absolute Gasteiger partial charge is 0.335 e. The Morgan fingerprint density at radius 3 is 2.41 bits per heavy atom. The molecule has 1 heterocycles. The Bertz CT molecular complexity index is 1350. The van der Waals surface area contributed by atoms with Crippen LogP contribution in [0.4, 0.5) is 5.69 Å². The van der Waals surface area contributed by atoms with E-state index in [4.69, 9.17) is 19.6 Å². The van der Waals surface area contributed by atoms with Gasteiger partial charge in [-0.05, 0) is 48.9 Å². The first-order valence-corrected chi connectivity index (χ1v) is 12.5. The summed E-state index contributed by atoms with van der Waals surface area (Å²) in [5.74, 6) is 0.527. The Labute approximate surface area is 219 Å². The summed E-state index contributed by atoms with van der Waals surface area (Å²) in [5, 5.41) is 16.0. The summed E-state index contributed by atoms with van der Waals surface area (Å²) >= 11 is 1.47. The van der Waals surface area contributed by atoms with Crippen LogP contribution < -0.4 is 20.1 Å². The molecule has 0 fully saturated rings. The minimum atomic E-state index is -0.962. The van der Waals surface area contributed by atoms with Crippen LogP contribution in [0.1, 0.15) is 34.5 Å². The predicted molar refractivity (Wildman–Crippen MR) is 145 cm³/mol. The van der Waals surface area contributed by atoms with Crippen molar-refractivity contribution in [3.05, 3.63) is 101 Å². The minimum Gasteiger partial charge on any atom is -0.497 e. The van der Waals surface area contributed by atoms with Crippen molar-refractivity contribution in [1.29, 1.82) is 0 Å². The number of nitrogens with one attached hydrogen (secondary N) is 2. The van der Waals surface area contributed by atoms with Crippen molar-refractivity contribution in [2.24, 2.45) is 4.99 Å². The van der Waals surface area contributed by atoms with Crippen LogP contribution in [0.2, 0.25) is 0 Å². The summed E-state index contributed by atoms with van der Waals surface area (Å²) in [6, 6.07) is 20.8. The van der Waals surface area contributed by atoms with Gasteiger partial charge in [0, 0.05) is 28.8 Å². The van der Waals surface area contributed by atoms with Crippen LogP contribution in [0.5, 0.6) is 11.5 Å². The molecule has 0 bridgehead atoms. The number of methoxy groups -OCH3 is 2. The molecule has 1 amide bonds. The molecule has 0 spiro atoms. The van der Waals surface area contributed by atoms with E-state index >= 15 is 0 Å². The number of rotatable bonds is 8. The van der Waals surface area contributed by atoms with Crippen molar-refractivity contribution in [2.75, 3.05) is 19.5 Å². The zero-order valence-electron chi connectivity index (χ0n) is 20.6. The molecule has 1 aliphatic rings. The van der Waals surface area contributed by atoms with Gasteiger partial charge in [-0.1, -0.05) is 42.1 Å². The van der Waals surface area contributed by atoms with Crippen molar-refractivity contribution in [2.45, 2.75) is 18.7 Å². The van der Waals surface area contributed by atoms with Crippen LogP contribution in [-0.2, 0) is 10.5 Å². The summed E-state index contributed by atoms with van der Waals surface area (Å²) < 4.78 is 11.0. The number of allylic oxidation sites excluding steroid dienone is 1. The Morgan fingerprint density at radius 1 is 1.03 bits per heavy atom. The van der Waals surface area contributed by atoms with Gasteiger partial charge in [0.15, 0.2) is 5.17 Å². The third-order valence-corrected chi connectivity index (χ3v) is 6.76. The average molecular weight is 518 g/mol. The van der Waals surface area contributed by atoms with E-state index in [-0.39, 0.29) is 11.5 Å². The molecule has 0 saturated heterocycles. The molecule has 1 aliphatic heterocycles. The van der Waals surface area contributed by atoms with E-state index in [9.17, 15) is 9.59 Å². The van der Waals surface area contributed by atoms with E-state index in [1.54, 1.807) is 44.6 Å². The Morgan fingerprint density at radius 2 is 1.76 bits per heavy atom. The fraction of sp³-hybridized carbons (Fsp3) is 0.179. The zero-order chi connectivity index (χ0) is 26.4. The molecule has 3 N–H and O–H groups in total. The second-order valence-electron chi connectivity index (χ2n) is 8.22. The van der Waals surface area contributed by atoms with Gasteiger partial charge in [-0.3, -0.25) is 4.79 Å². The molecule has 3 aromatic carbocycles. The van der Waals surface area contributed by atoms with Crippen molar-refractivity contribution in [3.8, 4) is 11.5 Å². The first kappa shape index (κ1) is 25.8. The van der Waals surface area contributed by atoms with Crippen molar-refractivity contribution in [3.63, 3.8) is 0 Å². The third kappa shape index (κ3) is 6.13. The van der Waals surface area contributed by atoms with Gasteiger partial charge in [0.2, 0.25) is 0 Å². The Balaban J connectivity index is 1.65. The van der Waals surface area contributed by atoms with Crippen molar-refractivity contribution in [1.82, 2.24) is 5.32 Å². The quantitative estimate of drug-likeness (QED) is 0.374. The fourth-order valence-electron chi connectivity index (χ4n) is 3.90. The van der Waals surface area contributed by atoms with Gasteiger partial charge in [0.25, 0.3) is 5.91 Å². The van der Waals surface area contributed by atoms with Crippen LogP contribution in [-0.4, -0.2) is 36.4 Å². The topological polar surface area (TPSA) is 109 Å². The minimum absolute atomic E-state index is 0.237. The Kier molecular flexibility index (Phi) is 8.15. The van der Waals surface area contributed by atoms with Gasteiger partial charge in [-0.25, -0.2) is 9.79 Å². The van der Waals surface area contributed by atoms with Crippen LogP contribution in [0.15, 0.2) is 89.1 Å². The molecule has 0 radical (unpaired) electrons. The lowest BCUT2D eigenvalue weighted by Crippen LogP contribution is -2.32. The van der Waals surface area contributed by atoms with Gasteiger partial charge >= 0.3 is 5.97 Å². The molecule has 0 unspecified atom stereocenters. The highest BCUT2D eigenvalue weighted by Crippen LogP contribution is 2.39. The number of benzene rings is 3. The SMILES string of the molecule is COc1ccc([C@@H]2N=C(SCc3ccc(C(=O)O)cc3)NC(C)=C2C(=O)Nc2ccccc2)c(OC)c1. The van der Waals surface area contributed by atoms with Gasteiger partial charge in [0.1, 0.15) is 17.5 Å². The van der Waals surface area contributed by atoms with E-state index in [0.717, 1.165) is 11.1 Å². The summed E-state index contributed by atoms with van der Waals surface area (Å²) in [6.07, 6.45) is 0. The van der Waals surface area contributed by atoms with Crippen molar-refractivity contribution < 1.29 is 24.2 Å². The largest absolute Gasteiger partial charge is 0.497 e. The molecular weight excluding hydrogens is 490 g/mol. The zero-order valence-corrected chi connectivity index (χ0v) is 21.5. The van der Waals surface area contributed by atoms with Crippen LogP contribution in [0.3, 0.4) is 0 Å². The lowest BCUT2D eigenvalue weighted by atomic mass is 9.95. The number of carboxylic acid groups (broad SMARTS) is 1. The van der Waals surface area contributed by atoms with Crippen molar-refractivity contribution >= 4 is 34.5 Å². The number of carboxylic acids is 1. The van der Waals surface area contributed by atoms with E-state index in [1.807, 2.05) is 49.4 Å². The summed E-state index contributed by atoms with van der Waals surface area (Å²) in [6.45, 7) is 1.85. The maximum absolute atomic E-state index is 13.5. The molecule has 0 aliphatic carbocycles. The maximum Gasteiger partial charge on any atom is 0.335 e. The van der Waals surface area contributed by atoms with Gasteiger partial charge < -0.3 is 25.2 Å². The van der Waals surface area contributed by atoms with Gasteiger partial charge in [-0.15, -0.1) is 0 Å². The number of aromatic carboxylic acids is 1. The number of para-hydroxylation sites is 1. The first-order valence-electron chi connectivity index (χ1n) is 11.5. The van der Waals surface area contributed by atoms with Crippen LogP contribution in [0.25, 0.3) is 0 Å². The summed E-state index contributed by atoms with van der Waals surface area (Å²) in [4.78, 5) is 29.5. The summed E-state index contributed by atoms with van der Waals surface area (Å²) in [5.41, 5.74) is 3.75. The number of nitrogens with zero attached hydrogens (tertiary/aromatic N) is 1. The molecule has 37 heavy (non-hydrogen) atoms. The van der Waals surface area contributed by atoms with Gasteiger partial charge in [-0.2, -0.15) is 0 Å². The first-order chi connectivity index (χ1) is 17.9. The number of carbonyl (C=O) groups is 2. The Hall–Kier alpha value is -4.24. The number of anilines is 1. The number of ether oxygens (including phenoxy) is 2. The molecule has 9 heteroatoms. The number of amides is 1. The van der Waals surface area contributed by atoms with E-state index in [2.05, 4.69) is 10.6 Å². The number of amidine groups is 1. The second-order valence-corrected chi connectivity index (χ2v) is 9.18. The fourth-order valence-corrected chi connectivity index (χ4v) is 4.80. The van der Waals surface area contributed by atoms with E-state index < -0.39 is 12.0 Å². The lowest BCUT2D eigenvalue weighted by Gasteiger charge is -2.27. The molecule has 1 atom stereocenters. The number of thioether (sulfide) groups is 1. The lowest BCUT2D eigenvalue weighted by molar-refractivity contribution is -0.113. The van der Waals surface area contributed by atoms with E-state index in [1.165, 1.54) is 11.8 Å². The summed E-state index contributed by atoms with van der Waals surface area (Å²) in [7, 11) is 3.15. The number of carbonyl (C=O) groups excluding carboxylic acids is 1. The highest BCUT2D eigenvalue weighted by Gasteiger charge is 2.31. The molecule has 190 valence electrons. The third-order valence-electron chi connectivity index (χ3n) is 5.81. The van der Waals surface area contributed by atoms with E-state index in [0.29, 0.717) is 39.4 Å². The molecule has 0 saturated carbocycles. The molecule has 4 rings (SSSR count). The molecule has 0 aromatic heterocycles. The molecule has 3 aromatic rings. The maximum atomic E-state index is 13.5. The predicted octanol–water partition coefficient (Wildman–Crippen LogP) is 5.25. The monoisotopic (exact) mass is 517 g/mol. The normalized spacial score (nSPS) is 14.9. The highest BCUT2D eigenvalue weighted by molar-refractivity contribution is 8.13. The van der Waals surface area contributed by atoms with Crippen LogP contribution >= 0.6 is 11.8 Å². The number of hydrogen-bond donors (Lipinski definition) is 3. The highest BCUT2D eigenvalue weighted by atomic mass is 32.2. The second kappa shape index (κ2) is 11.7. The van der Waals surface area contributed by atoms with Gasteiger partial charge in [0.05, 0.1) is 25.4 Å². The molecular formula is C28H27N3O5S. The standard InChI is InChI=1S/C28H27N3O5S/c1-17-24(26(32)30-20-7-5-4-6-8-20)25(22-14-13-21(35-2)15-23(22)36-3)31-28(29-17)37-16-18-9-11-19(12-10-18)27(33)34/h4-15,25H,16H2,1-3H3,(H,29,31)(H,30,32)(H,33,34)/t25-/m0/s1. The molecule has 8 nitrogen and oxygen atoms in total. The average Bonchev–Trinajstić information content (AvgIpc) is 2.91.